The van der Waals surface area contributed by atoms with Gasteiger partial charge in [-0.25, -0.2) is 0 Å². The van der Waals surface area contributed by atoms with E-state index in [0.29, 0.717) is 34.9 Å². The van der Waals surface area contributed by atoms with E-state index in [0.717, 1.165) is 11.8 Å². The van der Waals surface area contributed by atoms with Gasteiger partial charge in [0.25, 0.3) is 11.1 Å². The second-order valence-electron chi connectivity index (χ2n) is 6.39. The number of anilines is 1. The summed E-state index contributed by atoms with van der Waals surface area (Å²) >= 11 is 1.06. The molecule has 8 heteroatoms. The van der Waals surface area contributed by atoms with E-state index >= 15 is 0 Å². The Morgan fingerprint density at radius 3 is 2.38 bits per heavy atom. The average Bonchev–Trinajstić information content (AvgIpc) is 2.72. The summed E-state index contributed by atoms with van der Waals surface area (Å²) in [6.07, 6.45) is 0.753. The van der Waals surface area contributed by atoms with Crippen LogP contribution in [0.5, 0.6) is 5.75 Å². The molecular formula is C21H25N3O4S. The summed E-state index contributed by atoms with van der Waals surface area (Å²) in [5.74, 6) is 0.315. The first-order valence-corrected chi connectivity index (χ1v) is 9.92. The summed E-state index contributed by atoms with van der Waals surface area (Å²) in [7, 11) is 4.92. The van der Waals surface area contributed by atoms with Gasteiger partial charge in [-0.2, -0.15) is 0 Å². The van der Waals surface area contributed by atoms with E-state index in [1.54, 1.807) is 63.7 Å². The zero-order chi connectivity index (χ0) is 21.2. The van der Waals surface area contributed by atoms with Crippen molar-refractivity contribution < 1.29 is 19.1 Å². The Labute approximate surface area is 174 Å². The summed E-state index contributed by atoms with van der Waals surface area (Å²) in [4.78, 5) is 38.4. The fraction of sp³-hybridized carbons (Fsp3) is 0.286. The summed E-state index contributed by atoms with van der Waals surface area (Å²) in [6, 6.07) is 14.0. The molecule has 0 radical (unpaired) electrons. The van der Waals surface area contributed by atoms with Gasteiger partial charge in [0.05, 0.1) is 12.8 Å². The van der Waals surface area contributed by atoms with Crippen LogP contribution in [0, 0.1) is 0 Å². The number of nitrogens with zero attached hydrogens (tertiary/aromatic N) is 1. The number of amides is 3. The van der Waals surface area contributed by atoms with Crippen LogP contribution in [-0.2, 0) is 4.79 Å². The Morgan fingerprint density at radius 2 is 1.72 bits per heavy atom. The van der Waals surface area contributed by atoms with Gasteiger partial charge in [0.2, 0.25) is 5.91 Å². The Morgan fingerprint density at radius 1 is 1.03 bits per heavy atom. The van der Waals surface area contributed by atoms with Gasteiger partial charge in [-0.15, -0.1) is 0 Å². The molecular weight excluding hydrogens is 390 g/mol. The second kappa shape index (κ2) is 11.1. The summed E-state index contributed by atoms with van der Waals surface area (Å²) in [5.41, 5.74) is 1.13. The van der Waals surface area contributed by atoms with E-state index in [4.69, 9.17) is 4.74 Å². The standard InChI is InChI=1S/C21H25N3O4S/c1-24(2)21(27)29-18-8-5-4-7-17(18)23-19(25)9-6-14-22-20(26)15-10-12-16(28-3)13-11-15/h4-5,7-8,10-13H,6,9,14H2,1-3H3,(H,22,26)(H,23,25). The minimum Gasteiger partial charge on any atom is -0.497 e. The number of hydrogen-bond acceptors (Lipinski definition) is 5. The molecule has 0 fully saturated rings. The number of ether oxygens (including phenoxy) is 1. The third kappa shape index (κ3) is 7.15. The lowest BCUT2D eigenvalue weighted by Crippen LogP contribution is -2.25. The minimum atomic E-state index is -0.197. The maximum atomic E-state index is 12.2. The highest BCUT2D eigenvalue weighted by Gasteiger charge is 2.12. The average molecular weight is 416 g/mol. The van der Waals surface area contributed by atoms with Crippen molar-refractivity contribution in [3.63, 3.8) is 0 Å². The minimum absolute atomic E-state index is 0.118. The van der Waals surface area contributed by atoms with Crippen LogP contribution >= 0.6 is 11.8 Å². The Bertz CT molecular complexity index is 853. The molecule has 0 aromatic heterocycles. The Balaban J connectivity index is 1.78. The number of carbonyl (C=O) groups excluding carboxylic acids is 3. The van der Waals surface area contributed by atoms with E-state index in [9.17, 15) is 14.4 Å². The molecule has 2 aromatic carbocycles. The number of methoxy groups -OCH3 is 1. The first-order valence-electron chi connectivity index (χ1n) is 9.11. The van der Waals surface area contributed by atoms with Gasteiger partial charge < -0.3 is 20.3 Å². The fourth-order valence-electron chi connectivity index (χ4n) is 2.35. The van der Waals surface area contributed by atoms with Gasteiger partial charge in [0, 0.05) is 37.5 Å². The highest BCUT2D eigenvalue weighted by molar-refractivity contribution is 8.13. The lowest BCUT2D eigenvalue weighted by Gasteiger charge is -2.13. The Kier molecular flexibility index (Phi) is 8.54. The smallest absolute Gasteiger partial charge is 0.286 e. The molecule has 2 aromatic rings. The molecule has 0 saturated carbocycles. The maximum absolute atomic E-state index is 12.2. The molecule has 0 atom stereocenters. The van der Waals surface area contributed by atoms with Gasteiger partial charge in [0.15, 0.2) is 0 Å². The van der Waals surface area contributed by atoms with E-state index < -0.39 is 0 Å². The van der Waals surface area contributed by atoms with Crippen molar-refractivity contribution >= 4 is 34.5 Å². The maximum Gasteiger partial charge on any atom is 0.286 e. The number of para-hydroxylation sites is 1. The summed E-state index contributed by atoms with van der Waals surface area (Å²) < 4.78 is 5.07. The van der Waals surface area contributed by atoms with Crippen LogP contribution in [0.2, 0.25) is 0 Å². The molecule has 0 aliphatic heterocycles. The topological polar surface area (TPSA) is 87.7 Å². The van der Waals surface area contributed by atoms with Crippen LogP contribution in [0.1, 0.15) is 23.2 Å². The number of rotatable bonds is 8. The summed E-state index contributed by atoms with van der Waals surface area (Å²) in [6.45, 7) is 0.383. The fourth-order valence-corrected chi connectivity index (χ4v) is 3.10. The van der Waals surface area contributed by atoms with Crippen molar-refractivity contribution in [2.24, 2.45) is 0 Å². The number of carbonyl (C=O) groups is 3. The van der Waals surface area contributed by atoms with Crippen molar-refractivity contribution in [2.45, 2.75) is 17.7 Å². The number of hydrogen-bond donors (Lipinski definition) is 2. The molecule has 0 aliphatic rings. The largest absolute Gasteiger partial charge is 0.497 e. The van der Waals surface area contributed by atoms with Crippen LogP contribution in [0.3, 0.4) is 0 Å². The molecule has 0 bridgehead atoms. The lowest BCUT2D eigenvalue weighted by atomic mass is 10.2. The monoisotopic (exact) mass is 415 g/mol. The number of thioether (sulfide) groups is 1. The molecule has 0 heterocycles. The SMILES string of the molecule is COc1ccc(C(=O)NCCCC(=O)Nc2ccccc2SC(=O)N(C)C)cc1. The van der Waals surface area contributed by atoms with Crippen molar-refractivity contribution in [1.82, 2.24) is 10.2 Å². The molecule has 2 N–H and O–H groups in total. The number of nitrogens with one attached hydrogen (secondary N) is 2. The zero-order valence-electron chi connectivity index (χ0n) is 16.7. The lowest BCUT2D eigenvalue weighted by molar-refractivity contribution is -0.116. The van der Waals surface area contributed by atoms with Gasteiger partial charge in [-0.3, -0.25) is 14.4 Å². The summed E-state index contributed by atoms with van der Waals surface area (Å²) in [5, 5.41) is 5.50. The molecule has 29 heavy (non-hydrogen) atoms. The number of benzene rings is 2. The van der Waals surface area contributed by atoms with Crippen LogP contribution in [0.15, 0.2) is 53.4 Å². The van der Waals surface area contributed by atoms with Crippen molar-refractivity contribution in [3.8, 4) is 5.75 Å². The van der Waals surface area contributed by atoms with Crippen molar-refractivity contribution in [1.29, 1.82) is 0 Å². The van der Waals surface area contributed by atoms with Gasteiger partial charge >= 0.3 is 0 Å². The van der Waals surface area contributed by atoms with Gasteiger partial charge in [0.1, 0.15) is 5.75 Å². The van der Waals surface area contributed by atoms with E-state index in [-0.39, 0.29) is 23.5 Å². The molecule has 0 saturated heterocycles. The molecule has 2 rings (SSSR count). The Hall–Kier alpha value is -3.00. The highest BCUT2D eigenvalue weighted by atomic mass is 32.2. The molecule has 0 spiro atoms. The quantitative estimate of drug-likeness (QED) is 0.508. The van der Waals surface area contributed by atoms with E-state index in [1.807, 2.05) is 6.07 Å². The van der Waals surface area contributed by atoms with Gasteiger partial charge in [-0.1, -0.05) is 12.1 Å². The predicted octanol–water partition coefficient (Wildman–Crippen LogP) is 3.62. The highest BCUT2D eigenvalue weighted by Crippen LogP contribution is 2.28. The molecule has 154 valence electrons. The zero-order valence-corrected chi connectivity index (χ0v) is 17.5. The normalized spacial score (nSPS) is 10.2. The molecule has 0 unspecified atom stereocenters. The third-order valence-electron chi connectivity index (χ3n) is 3.94. The van der Waals surface area contributed by atoms with E-state index in [1.165, 1.54) is 4.90 Å². The molecule has 7 nitrogen and oxygen atoms in total. The first kappa shape index (κ1) is 22.3. The third-order valence-corrected chi connectivity index (χ3v) is 5.06. The van der Waals surface area contributed by atoms with Crippen LogP contribution in [0.25, 0.3) is 0 Å². The van der Waals surface area contributed by atoms with Crippen molar-refractivity contribution in [3.05, 3.63) is 54.1 Å². The molecule has 3 amide bonds. The van der Waals surface area contributed by atoms with Crippen LogP contribution < -0.4 is 15.4 Å². The van der Waals surface area contributed by atoms with Crippen LogP contribution in [0.4, 0.5) is 10.5 Å². The van der Waals surface area contributed by atoms with Crippen LogP contribution in [-0.4, -0.2) is 49.7 Å². The first-order chi connectivity index (χ1) is 13.9. The van der Waals surface area contributed by atoms with E-state index in [2.05, 4.69) is 10.6 Å². The van der Waals surface area contributed by atoms with Crippen molar-refractivity contribution in [2.75, 3.05) is 33.1 Å². The predicted molar refractivity (Wildman–Crippen MR) is 115 cm³/mol. The second-order valence-corrected chi connectivity index (χ2v) is 7.39. The molecule has 0 aliphatic carbocycles. The van der Waals surface area contributed by atoms with Gasteiger partial charge in [-0.05, 0) is 54.6 Å².